The first-order valence-corrected chi connectivity index (χ1v) is 14.3. The monoisotopic (exact) mass is 569 g/mol. The van der Waals surface area contributed by atoms with E-state index in [9.17, 15) is 22.4 Å². The summed E-state index contributed by atoms with van der Waals surface area (Å²) in [4.78, 5) is 28.0. The van der Waals surface area contributed by atoms with Gasteiger partial charge in [0, 0.05) is 19.7 Å². The number of rotatable bonds is 10. The van der Waals surface area contributed by atoms with E-state index < -0.39 is 34.3 Å². The SMILES string of the molecule is CC[C@@H](C(=O)NC)N(Cc1ccccc1C)C(=O)CN(c1ccc(F)cc1)S(=O)(=O)c1ccc2c(c1)OCCO2. The lowest BCUT2D eigenvalue weighted by atomic mass is 10.1. The van der Waals surface area contributed by atoms with Crippen molar-refractivity contribution in [2.75, 3.05) is 31.1 Å². The molecule has 1 atom stereocenters. The van der Waals surface area contributed by atoms with Crippen LogP contribution < -0.4 is 19.1 Å². The summed E-state index contributed by atoms with van der Waals surface area (Å²) in [6.07, 6.45) is 0.308. The van der Waals surface area contributed by atoms with Crippen LogP contribution in [0.25, 0.3) is 0 Å². The average Bonchev–Trinajstić information content (AvgIpc) is 2.96. The standard InChI is InChI=1S/C29H32FN3O6S/c1-4-25(29(35)31-3)32(18-21-8-6-5-7-20(21)2)28(34)19-33(23-11-9-22(30)10-12-23)40(36,37)24-13-14-26-27(17-24)39-16-15-38-26/h5-14,17,25H,4,15-16,18-19H2,1-3H3,(H,31,35)/t25-/m0/s1. The fraction of sp³-hybridized carbons (Fsp3) is 0.310. The molecule has 0 saturated carbocycles. The maximum absolute atomic E-state index is 14.0. The number of nitrogens with one attached hydrogen (secondary N) is 1. The van der Waals surface area contributed by atoms with E-state index in [4.69, 9.17) is 9.47 Å². The Morgan fingerprint density at radius 2 is 1.68 bits per heavy atom. The lowest BCUT2D eigenvalue weighted by Gasteiger charge is -2.33. The molecule has 4 rings (SSSR count). The summed E-state index contributed by atoms with van der Waals surface area (Å²) in [7, 11) is -2.86. The second-order valence-corrected chi connectivity index (χ2v) is 11.1. The van der Waals surface area contributed by atoms with Gasteiger partial charge in [-0.05, 0) is 60.9 Å². The molecule has 0 aromatic heterocycles. The fourth-order valence-corrected chi connectivity index (χ4v) is 5.93. The Kier molecular flexibility index (Phi) is 8.93. The van der Waals surface area contributed by atoms with Crippen LogP contribution in [0.15, 0.2) is 71.6 Å². The van der Waals surface area contributed by atoms with Crippen LogP contribution in [0.1, 0.15) is 24.5 Å². The van der Waals surface area contributed by atoms with Gasteiger partial charge in [-0.25, -0.2) is 12.8 Å². The minimum absolute atomic E-state index is 0.0912. The zero-order valence-electron chi connectivity index (χ0n) is 22.6. The van der Waals surface area contributed by atoms with Gasteiger partial charge in [-0.15, -0.1) is 0 Å². The summed E-state index contributed by atoms with van der Waals surface area (Å²) >= 11 is 0. The van der Waals surface area contributed by atoms with Crippen molar-refractivity contribution in [3.63, 3.8) is 0 Å². The number of nitrogens with zero attached hydrogens (tertiary/aromatic N) is 2. The number of sulfonamides is 1. The number of hydrogen-bond donors (Lipinski definition) is 1. The number of benzene rings is 3. The molecule has 0 aliphatic carbocycles. The normalized spacial score (nSPS) is 13.3. The maximum Gasteiger partial charge on any atom is 0.264 e. The number of aryl methyl sites for hydroxylation is 1. The van der Waals surface area contributed by atoms with Gasteiger partial charge in [0.15, 0.2) is 11.5 Å². The highest BCUT2D eigenvalue weighted by atomic mass is 32.2. The van der Waals surface area contributed by atoms with Crippen molar-refractivity contribution in [1.82, 2.24) is 10.2 Å². The molecule has 0 radical (unpaired) electrons. The van der Waals surface area contributed by atoms with Crippen LogP contribution in [0, 0.1) is 12.7 Å². The van der Waals surface area contributed by atoms with Gasteiger partial charge in [0.05, 0.1) is 10.6 Å². The van der Waals surface area contributed by atoms with Gasteiger partial charge in [0.25, 0.3) is 10.0 Å². The molecular formula is C29H32FN3O6S. The number of hydrogen-bond acceptors (Lipinski definition) is 6. The third kappa shape index (κ3) is 6.20. The van der Waals surface area contributed by atoms with Crippen molar-refractivity contribution in [2.24, 2.45) is 0 Å². The van der Waals surface area contributed by atoms with E-state index in [0.29, 0.717) is 18.8 Å². The van der Waals surface area contributed by atoms with Crippen LogP contribution in [0.3, 0.4) is 0 Å². The Balaban J connectivity index is 1.75. The molecule has 9 nitrogen and oxygen atoms in total. The quantitative estimate of drug-likeness (QED) is 0.400. The summed E-state index contributed by atoms with van der Waals surface area (Å²) in [6, 6.07) is 15.7. The topological polar surface area (TPSA) is 105 Å². The second kappa shape index (κ2) is 12.4. The Hall–Kier alpha value is -4.12. The van der Waals surface area contributed by atoms with Gasteiger partial charge >= 0.3 is 0 Å². The van der Waals surface area contributed by atoms with E-state index >= 15 is 0 Å². The van der Waals surface area contributed by atoms with Gasteiger partial charge in [-0.3, -0.25) is 13.9 Å². The Morgan fingerprint density at radius 1 is 1.00 bits per heavy atom. The Morgan fingerprint density at radius 3 is 2.33 bits per heavy atom. The Bertz CT molecular complexity index is 1480. The molecule has 1 aliphatic rings. The third-order valence-electron chi connectivity index (χ3n) is 6.73. The van der Waals surface area contributed by atoms with Crippen LogP contribution in [0.5, 0.6) is 11.5 Å². The van der Waals surface area contributed by atoms with Crippen molar-refractivity contribution >= 4 is 27.5 Å². The van der Waals surface area contributed by atoms with Gasteiger partial charge in [-0.2, -0.15) is 0 Å². The van der Waals surface area contributed by atoms with Crippen LogP contribution >= 0.6 is 0 Å². The first-order valence-electron chi connectivity index (χ1n) is 12.9. The van der Waals surface area contributed by atoms with Crippen molar-refractivity contribution in [3.05, 3.63) is 83.7 Å². The first kappa shape index (κ1) is 28.9. The number of halogens is 1. The molecule has 0 spiro atoms. The maximum atomic E-state index is 14.0. The highest BCUT2D eigenvalue weighted by molar-refractivity contribution is 7.92. The number of anilines is 1. The first-order chi connectivity index (χ1) is 19.1. The van der Waals surface area contributed by atoms with Crippen molar-refractivity contribution < 1.29 is 31.9 Å². The number of likely N-dealkylation sites (N-methyl/N-ethyl adjacent to an activating group) is 1. The van der Waals surface area contributed by atoms with Gasteiger partial charge in [0.2, 0.25) is 11.8 Å². The summed E-state index contributed by atoms with van der Waals surface area (Å²) in [5.41, 5.74) is 1.83. The predicted molar refractivity (Wildman–Crippen MR) is 148 cm³/mol. The number of ether oxygens (including phenoxy) is 2. The van der Waals surface area contributed by atoms with Crippen LogP contribution in [-0.4, -0.2) is 58.0 Å². The number of amides is 2. The van der Waals surface area contributed by atoms with E-state index in [0.717, 1.165) is 27.6 Å². The van der Waals surface area contributed by atoms with E-state index in [1.165, 1.54) is 42.3 Å². The fourth-order valence-electron chi connectivity index (χ4n) is 4.50. The van der Waals surface area contributed by atoms with Crippen LogP contribution in [-0.2, 0) is 26.2 Å². The summed E-state index contributed by atoms with van der Waals surface area (Å²) in [6.45, 7) is 3.76. The molecule has 0 bridgehead atoms. The summed E-state index contributed by atoms with van der Waals surface area (Å²) in [5.74, 6) is -0.838. The van der Waals surface area contributed by atoms with Gasteiger partial charge in [-0.1, -0.05) is 31.2 Å². The molecule has 1 heterocycles. The van der Waals surface area contributed by atoms with Crippen molar-refractivity contribution in [3.8, 4) is 11.5 Å². The molecule has 0 unspecified atom stereocenters. The molecule has 11 heteroatoms. The molecule has 0 fully saturated rings. The lowest BCUT2D eigenvalue weighted by Crippen LogP contribution is -2.51. The smallest absolute Gasteiger partial charge is 0.264 e. The number of carbonyl (C=O) groups excluding carboxylic acids is 2. The highest BCUT2D eigenvalue weighted by Crippen LogP contribution is 2.34. The van der Waals surface area contributed by atoms with Crippen molar-refractivity contribution in [2.45, 2.75) is 37.8 Å². The van der Waals surface area contributed by atoms with Gasteiger partial charge in [0.1, 0.15) is 31.6 Å². The minimum atomic E-state index is -4.34. The van der Waals surface area contributed by atoms with E-state index in [1.807, 2.05) is 31.2 Å². The van der Waals surface area contributed by atoms with Crippen molar-refractivity contribution in [1.29, 1.82) is 0 Å². The Labute approximate surface area is 233 Å². The molecule has 212 valence electrons. The largest absolute Gasteiger partial charge is 0.486 e. The molecular weight excluding hydrogens is 537 g/mol. The molecule has 1 N–H and O–H groups in total. The predicted octanol–water partition coefficient (Wildman–Crippen LogP) is 3.65. The molecule has 1 aliphatic heterocycles. The van der Waals surface area contributed by atoms with E-state index in [2.05, 4.69) is 5.32 Å². The zero-order valence-corrected chi connectivity index (χ0v) is 23.4. The molecule has 2 amide bonds. The van der Waals surface area contributed by atoms with Crippen LogP contribution in [0.4, 0.5) is 10.1 Å². The lowest BCUT2D eigenvalue weighted by molar-refractivity contribution is -0.140. The summed E-state index contributed by atoms with van der Waals surface area (Å²) < 4.78 is 53.8. The third-order valence-corrected chi connectivity index (χ3v) is 8.50. The average molecular weight is 570 g/mol. The summed E-state index contributed by atoms with van der Waals surface area (Å²) in [5, 5.41) is 2.60. The molecule has 0 saturated heterocycles. The minimum Gasteiger partial charge on any atom is -0.486 e. The van der Waals surface area contributed by atoms with Gasteiger partial charge < -0.3 is 19.7 Å². The second-order valence-electron chi connectivity index (χ2n) is 9.28. The molecule has 3 aromatic rings. The van der Waals surface area contributed by atoms with E-state index in [1.54, 1.807) is 6.92 Å². The molecule has 3 aromatic carbocycles. The van der Waals surface area contributed by atoms with E-state index in [-0.39, 0.29) is 35.4 Å². The highest BCUT2D eigenvalue weighted by Gasteiger charge is 2.34. The number of fused-ring (bicyclic) bond motifs is 1. The molecule has 40 heavy (non-hydrogen) atoms. The van der Waals surface area contributed by atoms with Crippen LogP contribution in [0.2, 0.25) is 0 Å². The zero-order chi connectivity index (χ0) is 28.9. The number of carbonyl (C=O) groups is 2.